The van der Waals surface area contributed by atoms with Crippen LogP contribution < -0.4 is 5.32 Å². The summed E-state index contributed by atoms with van der Waals surface area (Å²) in [6.45, 7) is 7.80. The van der Waals surface area contributed by atoms with Gasteiger partial charge in [0.15, 0.2) is 0 Å². The van der Waals surface area contributed by atoms with E-state index in [4.69, 9.17) is 12.2 Å². The molecule has 0 aliphatic heterocycles. The standard InChI is InChI=1S/C12H15NS/c1-9(2)12(14)13-10(3)11-7-5-4-6-8-11/h4-8,10H,1H2,2-3H3,(H,13,14). The molecule has 0 saturated heterocycles. The van der Waals surface area contributed by atoms with E-state index in [1.165, 1.54) is 5.56 Å². The van der Waals surface area contributed by atoms with Crippen molar-refractivity contribution < 1.29 is 0 Å². The highest BCUT2D eigenvalue weighted by atomic mass is 32.1. The molecule has 1 atom stereocenters. The Morgan fingerprint density at radius 3 is 2.43 bits per heavy atom. The summed E-state index contributed by atoms with van der Waals surface area (Å²) in [5, 5.41) is 3.23. The molecule has 0 spiro atoms. The Morgan fingerprint density at radius 1 is 1.36 bits per heavy atom. The third kappa shape index (κ3) is 2.96. The van der Waals surface area contributed by atoms with Crippen LogP contribution in [0, 0.1) is 0 Å². The Balaban J connectivity index is 2.64. The summed E-state index contributed by atoms with van der Waals surface area (Å²) in [6.07, 6.45) is 0. The number of rotatable bonds is 3. The summed E-state index contributed by atoms with van der Waals surface area (Å²) in [5.74, 6) is 0. The zero-order valence-electron chi connectivity index (χ0n) is 8.58. The van der Waals surface area contributed by atoms with Gasteiger partial charge < -0.3 is 5.32 Å². The van der Waals surface area contributed by atoms with Crippen molar-refractivity contribution in [1.29, 1.82) is 0 Å². The van der Waals surface area contributed by atoms with Crippen molar-refractivity contribution in [2.24, 2.45) is 0 Å². The number of nitrogens with one attached hydrogen (secondary N) is 1. The highest BCUT2D eigenvalue weighted by Gasteiger charge is 2.05. The Morgan fingerprint density at radius 2 is 1.93 bits per heavy atom. The SMILES string of the molecule is C=C(C)C(=S)NC(C)c1ccccc1. The molecule has 1 aromatic carbocycles. The zero-order valence-corrected chi connectivity index (χ0v) is 9.40. The van der Waals surface area contributed by atoms with Gasteiger partial charge in [-0.3, -0.25) is 0 Å². The molecular weight excluding hydrogens is 190 g/mol. The predicted octanol–water partition coefficient (Wildman–Crippen LogP) is 3.24. The fourth-order valence-corrected chi connectivity index (χ4v) is 1.32. The fraction of sp³-hybridized carbons (Fsp3) is 0.250. The van der Waals surface area contributed by atoms with E-state index in [1.54, 1.807) is 0 Å². The van der Waals surface area contributed by atoms with E-state index in [9.17, 15) is 0 Å². The van der Waals surface area contributed by atoms with Crippen LogP contribution in [0.25, 0.3) is 0 Å². The fourth-order valence-electron chi connectivity index (χ4n) is 1.14. The van der Waals surface area contributed by atoms with Crippen LogP contribution in [0.5, 0.6) is 0 Å². The molecule has 0 fully saturated rings. The first-order valence-corrected chi connectivity index (χ1v) is 5.03. The van der Waals surface area contributed by atoms with Crippen LogP contribution in [0.15, 0.2) is 42.5 Å². The molecule has 0 aliphatic carbocycles. The minimum atomic E-state index is 0.236. The summed E-state index contributed by atoms with van der Waals surface area (Å²) in [5.41, 5.74) is 2.14. The predicted molar refractivity (Wildman–Crippen MR) is 65.4 cm³/mol. The smallest absolute Gasteiger partial charge is 0.102 e. The Hall–Kier alpha value is -1.15. The van der Waals surface area contributed by atoms with E-state index in [0.717, 1.165) is 10.6 Å². The van der Waals surface area contributed by atoms with E-state index in [2.05, 4.69) is 31.0 Å². The molecule has 0 heterocycles. The van der Waals surface area contributed by atoms with Crippen LogP contribution in [0.2, 0.25) is 0 Å². The monoisotopic (exact) mass is 205 g/mol. The lowest BCUT2D eigenvalue weighted by atomic mass is 10.1. The lowest BCUT2D eigenvalue weighted by molar-refractivity contribution is 0.723. The largest absolute Gasteiger partial charge is 0.370 e. The molecule has 1 N–H and O–H groups in total. The first-order chi connectivity index (χ1) is 6.61. The minimum absolute atomic E-state index is 0.236. The normalized spacial score (nSPS) is 11.9. The molecule has 1 rings (SSSR count). The van der Waals surface area contributed by atoms with Crippen molar-refractivity contribution in [2.75, 3.05) is 0 Å². The molecule has 74 valence electrons. The van der Waals surface area contributed by atoms with Crippen LogP contribution in [0.3, 0.4) is 0 Å². The van der Waals surface area contributed by atoms with Gasteiger partial charge in [0.1, 0.15) is 4.99 Å². The second-order valence-corrected chi connectivity index (χ2v) is 3.79. The first-order valence-electron chi connectivity index (χ1n) is 4.62. The summed E-state index contributed by atoms with van der Waals surface area (Å²) < 4.78 is 0. The quantitative estimate of drug-likeness (QED) is 0.600. The van der Waals surface area contributed by atoms with Gasteiger partial charge in [-0.2, -0.15) is 0 Å². The molecule has 1 aromatic rings. The van der Waals surface area contributed by atoms with Crippen molar-refractivity contribution >= 4 is 17.2 Å². The molecule has 0 amide bonds. The highest BCUT2D eigenvalue weighted by Crippen LogP contribution is 2.11. The van der Waals surface area contributed by atoms with Crippen molar-refractivity contribution in [3.63, 3.8) is 0 Å². The van der Waals surface area contributed by atoms with E-state index in [0.29, 0.717) is 0 Å². The molecule has 1 unspecified atom stereocenters. The van der Waals surface area contributed by atoms with Gasteiger partial charge in [0.05, 0.1) is 0 Å². The second-order valence-electron chi connectivity index (χ2n) is 3.39. The van der Waals surface area contributed by atoms with Crippen molar-refractivity contribution in [3.05, 3.63) is 48.0 Å². The van der Waals surface area contributed by atoms with Crippen molar-refractivity contribution in [3.8, 4) is 0 Å². The van der Waals surface area contributed by atoms with Gasteiger partial charge in [-0.1, -0.05) is 49.1 Å². The average Bonchev–Trinajstić information content (AvgIpc) is 2.19. The third-order valence-electron chi connectivity index (χ3n) is 2.03. The molecule has 0 aromatic heterocycles. The van der Waals surface area contributed by atoms with E-state index < -0.39 is 0 Å². The maximum Gasteiger partial charge on any atom is 0.102 e. The van der Waals surface area contributed by atoms with Crippen molar-refractivity contribution in [1.82, 2.24) is 5.32 Å². The van der Waals surface area contributed by atoms with Gasteiger partial charge in [-0.25, -0.2) is 0 Å². The maximum atomic E-state index is 5.14. The number of benzene rings is 1. The van der Waals surface area contributed by atoms with Gasteiger partial charge in [0.25, 0.3) is 0 Å². The molecule has 0 bridgehead atoms. The molecule has 0 saturated carbocycles. The van der Waals surface area contributed by atoms with Crippen LogP contribution in [-0.2, 0) is 0 Å². The second kappa shape index (κ2) is 4.91. The van der Waals surface area contributed by atoms with Gasteiger partial charge in [0.2, 0.25) is 0 Å². The lowest BCUT2D eigenvalue weighted by Gasteiger charge is -2.16. The molecule has 0 aliphatic rings. The van der Waals surface area contributed by atoms with E-state index in [1.807, 2.05) is 25.1 Å². The van der Waals surface area contributed by atoms with Crippen LogP contribution >= 0.6 is 12.2 Å². The average molecular weight is 205 g/mol. The summed E-state index contributed by atoms with van der Waals surface area (Å²) in [6, 6.07) is 10.5. The van der Waals surface area contributed by atoms with Gasteiger partial charge >= 0.3 is 0 Å². The zero-order chi connectivity index (χ0) is 10.6. The van der Waals surface area contributed by atoms with Crippen molar-refractivity contribution in [2.45, 2.75) is 19.9 Å². The van der Waals surface area contributed by atoms with Crippen LogP contribution in [0.4, 0.5) is 0 Å². The highest BCUT2D eigenvalue weighted by molar-refractivity contribution is 7.80. The van der Waals surface area contributed by atoms with Crippen LogP contribution in [0.1, 0.15) is 25.5 Å². The minimum Gasteiger partial charge on any atom is -0.370 e. The van der Waals surface area contributed by atoms with E-state index >= 15 is 0 Å². The van der Waals surface area contributed by atoms with Gasteiger partial charge in [-0.05, 0) is 25.0 Å². The summed E-state index contributed by atoms with van der Waals surface area (Å²) in [4.78, 5) is 0.737. The Bertz CT molecular complexity index is 329. The summed E-state index contributed by atoms with van der Waals surface area (Å²) in [7, 11) is 0. The van der Waals surface area contributed by atoms with E-state index in [-0.39, 0.29) is 6.04 Å². The number of hydrogen-bond acceptors (Lipinski definition) is 1. The molecular formula is C12H15NS. The molecule has 0 radical (unpaired) electrons. The molecule has 1 nitrogen and oxygen atoms in total. The maximum absolute atomic E-state index is 5.14. The molecule has 2 heteroatoms. The summed E-state index contributed by atoms with van der Waals surface area (Å²) >= 11 is 5.14. The number of hydrogen-bond donors (Lipinski definition) is 1. The topological polar surface area (TPSA) is 12.0 Å². The molecule has 14 heavy (non-hydrogen) atoms. The first kappa shape index (κ1) is 10.9. The van der Waals surface area contributed by atoms with Crippen LogP contribution in [-0.4, -0.2) is 4.99 Å². The Labute approximate surface area is 90.8 Å². The van der Waals surface area contributed by atoms with Gasteiger partial charge in [-0.15, -0.1) is 0 Å². The third-order valence-corrected chi connectivity index (χ3v) is 2.50. The lowest BCUT2D eigenvalue weighted by Crippen LogP contribution is -2.25. The van der Waals surface area contributed by atoms with Gasteiger partial charge in [0, 0.05) is 6.04 Å². The number of thiocarbonyl (C=S) groups is 1. The Kier molecular flexibility index (Phi) is 3.84.